The van der Waals surface area contributed by atoms with Gasteiger partial charge in [0, 0.05) is 16.8 Å². The van der Waals surface area contributed by atoms with Crippen LogP contribution in [0.2, 0.25) is 0 Å². The second-order valence-corrected chi connectivity index (χ2v) is 7.18. The lowest BCUT2D eigenvalue weighted by molar-refractivity contribution is 0.0977. The second kappa shape index (κ2) is 7.85. The first-order chi connectivity index (χ1) is 14.0. The van der Waals surface area contributed by atoms with E-state index in [0.29, 0.717) is 11.5 Å². The molecule has 0 unspecified atom stereocenters. The first-order valence-corrected chi connectivity index (χ1v) is 9.56. The molecule has 1 heterocycles. The van der Waals surface area contributed by atoms with Gasteiger partial charge in [-0.3, -0.25) is 10.1 Å². The molecule has 0 aliphatic rings. The number of fused-ring (bicyclic) bond motifs is 1. The topological polar surface area (TPSA) is 67.2 Å². The second-order valence-electron chi connectivity index (χ2n) is 6.77. The van der Waals surface area contributed by atoms with Crippen molar-refractivity contribution in [3.63, 3.8) is 0 Å². The first-order valence-electron chi connectivity index (χ1n) is 9.15. The number of para-hydroxylation sites is 2. The van der Waals surface area contributed by atoms with Crippen LogP contribution in [0.4, 0.5) is 5.69 Å². The minimum absolute atomic E-state index is 0.225. The fourth-order valence-electron chi connectivity index (χ4n) is 2.95. The maximum absolute atomic E-state index is 12.4. The number of aromatic nitrogens is 1. The monoisotopic (exact) mass is 401 g/mol. The SMILES string of the molecule is Cc1ccc(C(=O)NC(=S)Nc2cccc(-c3nc4ccccc4o3)c2)cc1C. The standard InChI is InChI=1S/C23H19N3O2S/c1-14-10-11-16(12-15(14)2)21(27)26-23(29)24-18-7-5-6-17(13-18)22-25-19-8-3-4-9-20(19)28-22/h3-13H,1-2H3,(H2,24,26,27,29). The average molecular weight is 401 g/mol. The van der Waals surface area contributed by atoms with E-state index in [4.69, 9.17) is 16.6 Å². The van der Waals surface area contributed by atoms with Gasteiger partial charge >= 0.3 is 0 Å². The third-order valence-electron chi connectivity index (χ3n) is 4.66. The summed E-state index contributed by atoms with van der Waals surface area (Å²) in [6, 6.07) is 20.7. The molecule has 2 N–H and O–H groups in total. The number of thiocarbonyl (C=S) groups is 1. The van der Waals surface area contributed by atoms with Gasteiger partial charge in [-0.05, 0) is 79.7 Å². The van der Waals surface area contributed by atoms with Crippen molar-refractivity contribution in [2.24, 2.45) is 0 Å². The summed E-state index contributed by atoms with van der Waals surface area (Å²) in [6.07, 6.45) is 0. The normalized spacial score (nSPS) is 10.7. The number of carbonyl (C=O) groups excluding carboxylic acids is 1. The van der Waals surface area contributed by atoms with Crippen molar-refractivity contribution in [1.82, 2.24) is 10.3 Å². The highest BCUT2D eigenvalue weighted by Crippen LogP contribution is 2.26. The van der Waals surface area contributed by atoms with Gasteiger partial charge in [-0.25, -0.2) is 4.98 Å². The predicted octanol–water partition coefficient (Wildman–Crippen LogP) is 5.24. The van der Waals surface area contributed by atoms with E-state index >= 15 is 0 Å². The first kappa shape index (κ1) is 18.8. The molecule has 0 aliphatic heterocycles. The molecule has 144 valence electrons. The van der Waals surface area contributed by atoms with E-state index in [1.165, 1.54) is 0 Å². The molecule has 0 spiro atoms. The zero-order chi connectivity index (χ0) is 20.4. The van der Waals surface area contributed by atoms with Crippen LogP contribution in [-0.4, -0.2) is 16.0 Å². The molecule has 0 atom stereocenters. The summed E-state index contributed by atoms with van der Waals surface area (Å²) in [7, 11) is 0. The van der Waals surface area contributed by atoms with E-state index in [1.807, 2.05) is 74.5 Å². The Morgan fingerprint density at radius 3 is 2.59 bits per heavy atom. The molecular weight excluding hydrogens is 382 g/mol. The van der Waals surface area contributed by atoms with Gasteiger partial charge in [-0.2, -0.15) is 0 Å². The summed E-state index contributed by atoms with van der Waals surface area (Å²) in [4.78, 5) is 16.9. The molecule has 0 fully saturated rings. The summed E-state index contributed by atoms with van der Waals surface area (Å²) in [5, 5.41) is 5.98. The number of hydrogen-bond acceptors (Lipinski definition) is 4. The molecule has 1 amide bonds. The number of anilines is 1. The van der Waals surface area contributed by atoms with Crippen LogP contribution in [0, 0.1) is 13.8 Å². The van der Waals surface area contributed by atoms with Crippen LogP contribution >= 0.6 is 12.2 Å². The Bertz CT molecular complexity index is 1200. The molecule has 5 nitrogen and oxygen atoms in total. The predicted molar refractivity (Wildman–Crippen MR) is 119 cm³/mol. The van der Waals surface area contributed by atoms with Crippen molar-refractivity contribution < 1.29 is 9.21 Å². The Labute approximate surface area is 173 Å². The highest BCUT2D eigenvalue weighted by molar-refractivity contribution is 7.80. The summed E-state index contributed by atoms with van der Waals surface area (Å²) in [6.45, 7) is 3.98. The highest BCUT2D eigenvalue weighted by Gasteiger charge is 2.11. The fraction of sp³-hybridized carbons (Fsp3) is 0.0870. The number of hydrogen-bond donors (Lipinski definition) is 2. The number of amides is 1. The molecule has 4 rings (SSSR count). The molecule has 0 aliphatic carbocycles. The smallest absolute Gasteiger partial charge is 0.257 e. The van der Waals surface area contributed by atoms with E-state index in [2.05, 4.69) is 15.6 Å². The van der Waals surface area contributed by atoms with Crippen LogP contribution in [0.1, 0.15) is 21.5 Å². The summed E-state index contributed by atoms with van der Waals surface area (Å²) in [5.74, 6) is 0.278. The number of benzene rings is 3. The zero-order valence-corrected chi connectivity index (χ0v) is 16.8. The van der Waals surface area contributed by atoms with Crippen LogP contribution < -0.4 is 10.6 Å². The maximum Gasteiger partial charge on any atom is 0.257 e. The lowest BCUT2D eigenvalue weighted by Crippen LogP contribution is -2.34. The molecule has 29 heavy (non-hydrogen) atoms. The lowest BCUT2D eigenvalue weighted by Gasteiger charge is -2.11. The van der Waals surface area contributed by atoms with Crippen LogP contribution in [0.15, 0.2) is 71.1 Å². The largest absolute Gasteiger partial charge is 0.436 e. The lowest BCUT2D eigenvalue weighted by atomic mass is 10.1. The van der Waals surface area contributed by atoms with E-state index in [-0.39, 0.29) is 11.0 Å². The van der Waals surface area contributed by atoms with Gasteiger partial charge < -0.3 is 9.73 Å². The fourth-order valence-corrected chi connectivity index (χ4v) is 3.16. The Hall–Kier alpha value is -3.51. The van der Waals surface area contributed by atoms with Gasteiger partial charge in [0.2, 0.25) is 5.89 Å². The van der Waals surface area contributed by atoms with Crippen molar-refractivity contribution in [1.29, 1.82) is 0 Å². The highest BCUT2D eigenvalue weighted by atomic mass is 32.1. The van der Waals surface area contributed by atoms with Gasteiger partial charge in [0.1, 0.15) is 5.52 Å². The number of aryl methyl sites for hydroxylation is 2. The van der Waals surface area contributed by atoms with E-state index in [1.54, 1.807) is 6.07 Å². The number of nitrogens with one attached hydrogen (secondary N) is 2. The van der Waals surface area contributed by atoms with Crippen LogP contribution in [0.25, 0.3) is 22.6 Å². The summed E-state index contributed by atoms with van der Waals surface area (Å²) < 4.78 is 5.82. The number of rotatable bonds is 3. The van der Waals surface area contributed by atoms with Crippen LogP contribution in [-0.2, 0) is 0 Å². The molecular formula is C23H19N3O2S. The number of oxazole rings is 1. The molecule has 0 saturated heterocycles. The molecule has 3 aromatic carbocycles. The van der Waals surface area contributed by atoms with Crippen molar-refractivity contribution in [2.75, 3.05) is 5.32 Å². The zero-order valence-electron chi connectivity index (χ0n) is 16.0. The summed E-state index contributed by atoms with van der Waals surface area (Å²) >= 11 is 5.30. The number of nitrogens with zero attached hydrogens (tertiary/aromatic N) is 1. The molecule has 0 bridgehead atoms. The van der Waals surface area contributed by atoms with Crippen molar-refractivity contribution in [3.8, 4) is 11.5 Å². The minimum Gasteiger partial charge on any atom is -0.436 e. The number of carbonyl (C=O) groups is 1. The Kier molecular flexibility index (Phi) is 5.10. The molecule has 4 aromatic rings. The quantitative estimate of drug-likeness (QED) is 0.460. The molecule has 0 saturated carbocycles. The van der Waals surface area contributed by atoms with Crippen LogP contribution in [0.5, 0.6) is 0 Å². The third kappa shape index (κ3) is 4.17. The Balaban J connectivity index is 1.48. The minimum atomic E-state index is -0.249. The molecule has 6 heteroatoms. The van der Waals surface area contributed by atoms with E-state index in [9.17, 15) is 4.79 Å². The molecule has 1 aromatic heterocycles. The van der Waals surface area contributed by atoms with Crippen molar-refractivity contribution in [2.45, 2.75) is 13.8 Å². The maximum atomic E-state index is 12.4. The van der Waals surface area contributed by atoms with Crippen LogP contribution in [0.3, 0.4) is 0 Å². The third-order valence-corrected chi connectivity index (χ3v) is 4.86. The van der Waals surface area contributed by atoms with E-state index in [0.717, 1.165) is 33.5 Å². The van der Waals surface area contributed by atoms with Gasteiger partial charge in [-0.15, -0.1) is 0 Å². The van der Waals surface area contributed by atoms with Crippen molar-refractivity contribution in [3.05, 3.63) is 83.4 Å². The summed E-state index contributed by atoms with van der Waals surface area (Å²) in [5.41, 5.74) is 5.84. The van der Waals surface area contributed by atoms with Gasteiger partial charge in [-0.1, -0.05) is 24.3 Å². The van der Waals surface area contributed by atoms with Crippen molar-refractivity contribution >= 4 is 40.0 Å². The Morgan fingerprint density at radius 2 is 1.79 bits per heavy atom. The van der Waals surface area contributed by atoms with E-state index < -0.39 is 0 Å². The van der Waals surface area contributed by atoms with Gasteiger partial charge in [0.05, 0.1) is 0 Å². The Morgan fingerprint density at radius 1 is 0.966 bits per heavy atom. The molecule has 0 radical (unpaired) electrons. The average Bonchev–Trinajstić information content (AvgIpc) is 3.14. The van der Waals surface area contributed by atoms with Gasteiger partial charge in [0.25, 0.3) is 5.91 Å². The van der Waals surface area contributed by atoms with Gasteiger partial charge in [0.15, 0.2) is 10.7 Å².